The number of fused-ring (bicyclic) bond motifs is 1. The van der Waals surface area contributed by atoms with Crippen LogP contribution in [0.1, 0.15) is 18.2 Å². The van der Waals surface area contributed by atoms with Crippen LogP contribution in [0.5, 0.6) is 5.75 Å². The lowest BCUT2D eigenvalue weighted by molar-refractivity contribution is 0.340. The lowest BCUT2D eigenvalue weighted by Crippen LogP contribution is -2.02. The summed E-state index contributed by atoms with van der Waals surface area (Å²) in [6.07, 6.45) is 2.01. The highest BCUT2D eigenvalue weighted by atomic mass is 16.5. The van der Waals surface area contributed by atoms with E-state index in [9.17, 15) is 0 Å². The van der Waals surface area contributed by atoms with Crippen molar-refractivity contribution in [3.63, 3.8) is 0 Å². The fourth-order valence-electron chi connectivity index (χ4n) is 2.55. The molecule has 2 N–H and O–H groups in total. The van der Waals surface area contributed by atoms with Crippen LogP contribution in [-0.2, 0) is 6.54 Å². The Morgan fingerprint density at radius 1 is 1.19 bits per heavy atom. The van der Waals surface area contributed by atoms with Gasteiger partial charge in [0.15, 0.2) is 0 Å². The molecule has 0 aliphatic rings. The first kappa shape index (κ1) is 13.6. The average Bonchev–Trinajstić information content (AvgIpc) is 2.88. The molecule has 0 amide bonds. The van der Waals surface area contributed by atoms with Crippen molar-refractivity contribution in [1.29, 1.82) is 0 Å². The summed E-state index contributed by atoms with van der Waals surface area (Å²) in [5.41, 5.74) is 11.1. The third-order valence-electron chi connectivity index (χ3n) is 3.58. The van der Waals surface area contributed by atoms with Crippen molar-refractivity contribution < 1.29 is 4.74 Å². The van der Waals surface area contributed by atoms with Crippen LogP contribution in [0.3, 0.4) is 0 Å². The molecule has 0 atom stereocenters. The Morgan fingerprint density at radius 3 is 2.62 bits per heavy atom. The van der Waals surface area contributed by atoms with E-state index in [4.69, 9.17) is 15.5 Å². The lowest BCUT2D eigenvalue weighted by Gasteiger charge is -2.05. The van der Waals surface area contributed by atoms with Gasteiger partial charge < -0.3 is 14.9 Å². The summed E-state index contributed by atoms with van der Waals surface area (Å²) in [7, 11) is 0. The molecule has 108 valence electrons. The van der Waals surface area contributed by atoms with E-state index in [-0.39, 0.29) is 0 Å². The van der Waals surface area contributed by atoms with Crippen molar-refractivity contribution >= 4 is 5.65 Å². The van der Waals surface area contributed by atoms with Crippen molar-refractivity contribution in [2.75, 3.05) is 6.61 Å². The molecule has 0 spiro atoms. The highest BCUT2D eigenvalue weighted by Crippen LogP contribution is 2.27. The predicted octanol–water partition coefficient (Wildman–Crippen LogP) is 3.17. The third-order valence-corrected chi connectivity index (χ3v) is 3.58. The number of rotatable bonds is 4. The highest BCUT2D eigenvalue weighted by molar-refractivity contribution is 5.68. The quantitative estimate of drug-likeness (QED) is 0.799. The fourth-order valence-corrected chi connectivity index (χ4v) is 2.55. The number of nitrogens with two attached hydrogens (primary N) is 1. The zero-order valence-corrected chi connectivity index (χ0v) is 12.3. The average molecular weight is 281 g/mol. The van der Waals surface area contributed by atoms with Crippen LogP contribution in [-0.4, -0.2) is 16.0 Å². The van der Waals surface area contributed by atoms with E-state index >= 15 is 0 Å². The maximum Gasteiger partial charge on any atom is 0.140 e. The number of benzene rings is 1. The highest BCUT2D eigenvalue weighted by Gasteiger charge is 2.13. The number of hydrogen-bond acceptors (Lipinski definition) is 3. The van der Waals surface area contributed by atoms with Gasteiger partial charge in [-0.05, 0) is 49.7 Å². The number of nitrogens with zero attached hydrogens (tertiary/aromatic N) is 2. The minimum atomic E-state index is 0.452. The molecule has 0 radical (unpaired) electrons. The SMILES string of the molecule is CCOc1ccc(-c2nc3c(C)cccn3c2CN)cc1. The van der Waals surface area contributed by atoms with Gasteiger partial charge in [-0.15, -0.1) is 0 Å². The van der Waals surface area contributed by atoms with Crippen LogP contribution in [0, 0.1) is 6.92 Å². The first-order valence-corrected chi connectivity index (χ1v) is 7.14. The van der Waals surface area contributed by atoms with Gasteiger partial charge in [0, 0.05) is 18.3 Å². The van der Waals surface area contributed by atoms with Gasteiger partial charge in [0.1, 0.15) is 11.4 Å². The van der Waals surface area contributed by atoms with Gasteiger partial charge >= 0.3 is 0 Å². The minimum Gasteiger partial charge on any atom is -0.494 e. The molecular formula is C17H19N3O. The Hall–Kier alpha value is -2.33. The van der Waals surface area contributed by atoms with E-state index in [1.54, 1.807) is 0 Å². The molecule has 0 bridgehead atoms. The zero-order chi connectivity index (χ0) is 14.8. The maximum atomic E-state index is 5.94. The topological polar surface area (TPSA) is 52.5 Å². The molecule has 0 saturated carbocycles. The van der Waals surface area contributed by atoms with E-state index in [2.05, 4.69) is 17.4 Å². The van der Waals surface area contributed by atoms with Crippen LogP contribution in [0.15, 0.2) is 42.6 Å². The molecule has 4 nitrogen and oxygen atoms in total. The van der Waals surface area contributed by atoms with Crippen molar-refractivity contribution in [1.82, 2.24) is 9.38 Å². The summed E-state index contributed by atoms with van der Waals surface area (Å²) in [6, 6.07) is 12.1. The maximum absolute atomic E-state index is 5.94. The second-order valence-electron chi connectivity index (χ2n) is 4.95. The molecule has 0 unspecified atom stereocenters. The van der Waals surface area contributed by atoms with E-state index in [1.165, 1.54) is 0 Å². The van der Waals surface area contributed by atoms with Crippen molar-refractivity contribution in [2.24, 2.45) is 5.73 Å². The van der Waals surface area contributed by atoms with Crippen LogP contribution in [0.4, 0.5) is 0 Å². The summed E-state index contributed by atoms with van der Waals surface area (Å²) < 4.78 is 7.55. The molecule has 3 rings (SSSR count). The third kappa shape index (κ3) is 2.38. The van der Waals surface area contributed by atoms with Crippen LogP contribution >= 0.6 is 0 Å². The van der Waals surface area contributed by atoms with Crippen molar-refractivity contribution in [3.05, 3.63) is 53.9 Å². The second-order valence-corrected chi connectivity index (χ2v) is 4.95. The smallest absolute Gasteiger partial charge is 0.140 e. The molecule has 21 heavy (non-hydrogen) atoms. The first-order chi connectivity index (χ1) is 10.2. The normalized spacial score (nSPS) is 11.0. The van der Waals surface area contributed by atoms with Gasteiger partial charge in [0.05, 0.1) is 18.0 Å². The molecular weight excluding hydrogens is 262 g/mol. The van der Waals surface area contributed by atoms with Gasteiger partial charge in [0.2, 0.25) is 0 Å². The van der Waals surface area contributed by atoms with E-state index < -0.39 is 0 Å². The molecule has 2 aromatic heterocycles. The standard InChI is InChI=1S/C17H19N3O/c1-3-21-14-8-6-13(7-9-14)16-15(11-18)20-10-4-5-12(2)17(20)19-16/h4-10H,3,11,18H2,1-2H3. The van der Waals surface area contributed by atoms with Gasteiger partial charge in [-0.3, -0.25) is 0 Å². The van der Waals surface area contributed by atoms with Crippen molar-refractivity contribution in [2.45, 2.75) is 20.4 Å². The van der Waals surface area contributed by atoms with E-state index in [0.717, 1.165) is 33.9 Å². The van der Waals surface area contributed by atoms with Crippen molar-refractivity contribution in [3.8, 4) is 17.0 Å². The number of aromatic nitrogens is 2. The Kier molecular flexibility index (Phi) is 3.62. The van der Waals surface area contributed by atoms with Crippen LogP contribution in [0.2, 0.25) is 0 Å². The van der Waals surface area contributed by atoms with E-state index in [0.29, 0.717) is 13.2 Å². The first-order valence-electron chi connectivity index (χ1n) is 7.14. The Bertz CT molecular complexity index is 760. The van der Waals surface area contributed by atoms with Crippen LogP contribution in [0.25, 0.3) is 16.9 Å². The summed E-state index contributed by atoms with van der Waals surface area (Å²) in [6.45, 7) is 5.16. The molecule has 1 aromatic carbocycles. The number of ether oxygens (including phenoxy) is 1. The number of aryl methyl sites for hydroxylation is 1. The zero-order valence-electron chi connectivity index (χ0n) is 12.3. The van der Waals surface area contributed by atoms with Gasteiger partial charge in [-0.25, -0.2) is 4.98 Å². The monoisotopic (exact) mass is 281 g/mol. The minimum absolute atomic E-state index is 0.452. The number of hydrogen-bond donors (Lipinski definition) is 1. The predicted molar refractivity (Wildman–Crippen MR) is 84.4 cm³/mol. The fraction of sp³-hybridized carbons (Fsp3) is 0.235. The molecule has 2 heterocycles. The molecule has 0 aliphatic heterocycles. The summed E-state index contributed by atoms with van der Waals surface area (Å²) in [4.78, 5) is 4.77. The number of imidazole rings is 1. The summed E-state index contributed by atoms with van der Waals surface area (Å²) in [5, 5.41) is 0. The van der Waals surface area contributed by atoms with Gasteiger partial charge in [0.25, 0.3) is 0 Å². The van der Waals surface area contributed by atoms with Gasteiger partial charge in [-0.2, -0.15) is 0 Å². The molecule has 4 heteroatoms. The Morgan fingerprint density at radius 2 is 1.95 bits per heavy atom. The second kappa shape index (κ2) is 5.58. The largest absolute Gasteiger partial charge is 0.494 e. The number of pyridine rings is 1. The molecule has 0 aliphatic carbocycles. The summed E-state index contributed by atoms with van der Waals surface area (Å²) >= 11 is 0. The van der Waals surface area contributed by atoms with E-state index in [1.807, 2.05) is 43.5 Å². The Labute approximate surface area is 124 Å². The van der Waals surface area contributed by atoms with Crippen LogP contribution < -0.4 is 10.5 Å². The Balaban J connectivity index is 2.13. The summed E-state index contributed by atoms with van der Waals surface area (Å²) in [5.74, 6) is 0.871. The molecule has 0 fully saturated rings. The molecule has 3 aromatic rings. The van der Waals surface area contributed by atoms with Gasteiger partial charge in [-0.1, -0.05) is 6.07 Å². The lowest BCUT2D eigenvalue weighted by atomic mass is 10.1. The molecule has 0 saturated heterocycles.